The fourth-order valence-electron chi connectivity index (χ4n) is 3.66. The topological polar surface area (TPSA) is 75.4 Å². The molecule has 2 atom stereocenters. The molecule has 2 aliphatic rings. The molecular formula is C16H29N3O2. The standard InChI is InChI=1S/C16H29N3O2/c1-12-8-14(9-17)11-19(12)16(21)10-18-15(20)7-6-13-4-2-3-5-13/h12-14H,2-11,17H2,1H3,(H,18,20). The minimum absolute atomic E-state index is 0.0116. The SMILES string of the molecule is CC1CC(CN)CN1C(=O)CNC(=O)CCC1CCCC1. The van der Waals surface area contributed by atoms with E-state index in [0.29, 0.717) is 18.9 Å². The van der Waals surface area contributed by atoms with E-state index >= 15 is 0 Å². The number of nitrogens with zero attached hydrogens (tertiary/aromatic N) is 1. The highest BCUT2D eigenvalue weighted by Crippen LogP contribution is 2.28. The van der Waals surface area contributed by atoms with Crippen LogP contribution in [0.1, 0.15) is 51.9 Å². The maximum absolute atomic E-state index is 12.2. The van der Waals surface area contributed by atoms with Gasteiger partial charge in [0, 0.05) is 19.0 Å². The maximum Gasteiger partial charge on any atom is 0.242 e. The fourth-order valence-corrected chi connectivity index (χ4v) is 3.66. The number of likely N-dealkylation sites (tertiary alicyclic amines) is 1. The number of hydrogen-bond donors (Lipinski definition) is 2. The van der Waals surface area contributed by atoms with Gasteiger partial charge in [-0.1, -0.05) is 25.7 Å². The molecule has 5 nitrogen and oxygen atoms in total. The number of nitrogens with one attached hydrogen (secondary N) is 1. The molecule has 0 bridgehead atoms. The van der Waals surface area contributed by atoms with Crippen molar-refractivity contribution in [2.75, 3.05) is 19.6 Å². The highest BCUT2D eigenvalue weighted by atomic mass is 16.2. The first kappa shape index (κ1) is 16.3. The second-order valence-electron chi connectivity index (χ2n) is 6.70. The lowest BCUT2D eigenvalue weighted by atomic mass is 10.0. The fraction of sp³-hybridized carbons (Fsp3) is 0.875. The molecule has 5 heteroatoms. The van der Waals surface area contributed by atoms with Crippen molar-refractivity contribution < 1.29 is 9.59 Å². The summed E-state index contributed by atoms with van der Waals surface area (Å²) in [5.74, 6) is 1.16. The third-order valence-corrected chi connectivity index (χ3v) is 5.01. The lowest BCUT2D eigenvalue weighted by Crippen LogP contribution is -2.42. The van der Waals surface area contributed by atoms with Gasteiger partial charge in [-0.2, -0.15) is 0 Å². The van der Waals surface area contributed by atoms with Gasteiger partial charge >= 0.3 is 0 Å². The van der Waals surface area contributed by atoms with Crippen LogP contribution in [-0.4, -0.2) is 42.4 Å². The lowest BCUT2D eigenvalue weighted by molar-refractivity contribution is -0.133. The first-order chi connectivity index (χ1) is 10.1. The molecule has 2 rings (SSSR count). The van der Waals surface area contributed by atoms with Gasteiger partial charge in [0.15, 0.2) is 0 Å². The van der Waals surface area contributed by atoms with Crippen molar-refractivity contribution >= 4 is 11.8 Å². The van der Waals surface area contributed by atoms with E-state index in [1.54, 1.807) is 0 Å². The Labute approximate surface area is 127 Å². The summed E-state index contributed by atoms with van der Waals surface area (Å²) in [6.07, 6.45) is 7.63. The lowest BCUT2D eigenvalue weighted by Gasteiger charge is -2.21. The molecule has 2 amide bonds. The van der Waals surface area contributed by atoms with Crippen molar-refractivity contribution in [2.24, 2.45) is 17.6 Å². The Morgan fingerprint density at radius 2 is 1.95 bits per heavy atom. The summed E-state index contributed by atoms with van der Waals surface area (Å²) in [7, 11) is 0. The molecule has 0 aromatic carbocycles. The summed E-state index contributed by atoms with van der Waals surface area (Å²) in [4.78, 5) is 25.8. The second kappa shape index (κ2) is 7.78. The predicted octanol–water partition coefficient (Wildman–Crippen LogP) is 1.27. The number of nitrogens with two attached hydrogens (primary N) is 1. The second-order valence-corrected chi connectivity index (χ2v) is 6.70. The molecule has 1 aliphatic carbocycles. The van der Waals surface area contributed by atoms with Crippen LogP contribution in [0.2, 0.25) is 0 Å². The van der Waals surface area contributed by atoms with Gasteiger partial charge in [0.1, 0.15) is 0 Å². The number of amides is 2. The number of carbonyl (C=O) groups is 2. The van der Waals surface area contributed by atoms with Gasteiger partial charge in [0.2, 0.25) is 11.8 Å². The van der Waals surface area contributed by atoms with E-state index in [1.165, 1.54) is 25.7 Å². The van der Waals surface area contributed by atoms with Crippen LogP contribution in [0.25, 0.3) is 0 Å². The first-order valence-electron chi connectivity index (χ1n) is 8.36. The number of rotatable bonds is 6. The van der Waals surface area contributed by atoms with Gasteiger partial charge in [-0.25, -0.2) is 0 Å². The molecule has 1 aliphatic heterocycles. The molecule has 0 spiro atoms. The van der Waals surface area contributed by atoms with Gasteiger partial charge in [-0.05, 0) is 38.1 Å². The van der Waals surface area contributed by atoms with Crippen molar-refractivity contribution in [3.8, 4) is 0 Å². The van der Waals surface area contributed by atoms with Crippen LogP contribution in [0.4, 0.5) is 0 Å². The molecule has 1 saturated heterocycles. The van der Waals surface area contributed by atoms with Crippen molar-refractivity contribution in [2.45, 2.75) is 57.9 Å². The van der Waals surface area contributed by atoms with E-state index in [2.05, 4.69) is 12.2 Å². The molecule has 0 radical (unpaired) electrons. The van der Waals surface area contributed by atoms with E-state index in [4.69, 9.17) is 5.73 Å². The Morgan fingerprint density at radius 1 is 1.24 bits per heavy atom. The third-order valence-electron chi connectivity index (χ3n) is 5.01. The monoisotopic (exact) mass is 295 g/mol. The third kappa shape index (κ3) is 4.70. The summed E-state index contributed by atoms with van der Waals surface area (Å²) < 4.78 is 0. The van der Waals surface area contributed by atoms with Crippen LogP contribution in [-0.2, 0) is 9.59 Å². The smallest absolute Gasteiger partial charge is 0.242 e. The molecule has 1 saturated carbocycles. The van der Waals surface area contributed by atoms with Gasteiger partial charge in [0.25, 0.3) is 0 Å². The molecule has 0 aromatic rings. The van der Waals surface area contributed by atoms with Crippen LogP contribution in [0.3, 0.4) is 0 Å². The van der Waals surface area contributed by atoms with Gasteiger partial charge in [-0.15, -0.1) is 0 Å². The average molecular weight is 295 g/mol. The van der Waals surface area contributed by atoms with E-state index in [9.17, 15) is 9.59 Å². The Hall–Kier alpha value is -1.10. The highest BCUT2D eigenvalue weighted by Gasteiger charge is 2.31. The van der Waals surface area contributed by atoms with Gasteiger partial charge < -0.3 is 16.0 Å². The van der Waals surface area contributed by atoms with E-state index < -0.39 is 0 Å². The van der Waals surface area contributed by atoms with E-state index in [-0.39, 0.29) is 24.4 Å². The summed E-state index contributed by atoms with van der Waals surface area (Å²) >= 11 is 0. The average Bonchev–Trinajstić information content (AvgIpc) is 3.11. The predicted molar refractivity (Wildman–Crippen MR) is 82.5 cm³/mol. The van der Waals surface area contributed by atoms with E-state index in [1.807, 2.05) is 4.90 Å². The first-order valence-corrected chi connectivity index (χ1v) is 8.36. The molecule has 0 aromatic heterocycles. The minimum Gasteiger partial charge on any atom is -0.347 e. The number of hydrogen-bond acceptors (Lipinski definition) is 3. The summed E-state index contributed by atoms with van der Waals surface area (Å²) in [6.45, 7) is 3.54. The van der Waals surface area contributed by atoms with Crippen molar-refractivity contribution in [1.82, 2.24) is 10.2 Å². The quantitative estimate of drug-likeness (QED) is 0.775. The number of carbonyl (C=O) groups excluding carboxylic acids is 2. The molecule has 1 heterocycles. The Balaban J connectivity index is 1.65. The molecule has 3 N–H and O–H groups in total. The normalized spacial score (nSPS) is 26.3. The Morgan fingerprint density at radius 3 is 2.57 bits per heavy atom. The maximum atomic E-state index is 12.2. The minimum atomic E-state index is 0.0116. The van der Waals surface area contributed by atoms with Crippen LogP contribution in [0.5, 0.6) is 0 Å². The van der Waals surface area contributed by atoms with E-state index in [0.717, 1.165) is 25.3 Å². The molecule has 120 valence electrons. The summed E-state index contributed by atoms with van der Waals surface area (Å²) in [6, 6.07) is 0.237. The van der Waals surface area contributed by atoms with Crippen molar-refractivity contribution in [3.63, 3.8) is 0 Å². The van der Waals surface area contributed by atoms with Crippen molar-refractivity contribution in [3.05, 3.63) is 0 Å². The van der Waals surface area contributed by atoms with Crippen LogP contribution in [0, 0.1) is 11.8 Å². The largest absolute Gasteiger partial charge is 0.347 e. The van der Waals surface area contributed by atoms with Gasteiger partial charge in [0.05, 0.1) is 6.54 Å². The Bertz CT molecular complexity index is 367. The molecule has 21 heavy (non-hydrogen) atoms. The van der Waals surface area contributed by atoms with Crippen LogP contribution in [0.15, 0.2) is 0 Å². The molecule has 2 fully saturated rings. The van der Waals surface area contributed by atoms with Crippen LogP contribution >= 0.6 is 0 Å². The summed E-state index contributed by atoms with van der Waals surface area (Å²) in [5, 5.41) is 2.78. The zero-order valence-electron chi connectivity index (χ0n) is 13.1. The van der Waals surface area contributed by atoms with Crippen LogP contribution < -0.4 is 11.1 Å². The van der Waals surface area contributed by atoms with Crippen molar-refractivity contribution in [1.29, 1.82) is 0 Å². The zero-order valence-corrected chi connectivity index (χ0v) is 13.1. The molecular weight excluding hydrogens is 266 g/mol. The van der Waals surface area contributed by atoms with Gasteiger partial charge in [-0.3, -0.25) is 9.59 Å². The zero-order chi connectivity index (χ0) is 15.2. The molecule has 2 unspecified atom stereocenters. The summed E-state index contributed by atoms with van der Waals surface area (Å²) in [5.41, 5.74) is 5.67. The highest BCUT2D eigenvalue weighted by molar-refractivity contribution is 5.85. The Kier molecular flexibility index (Phi) is 6.03.